The Morgan fingerprint density at radius 3 is 2.93 bits per heavy atom. The number of fused-ring (bicyclic) bond motifs is 1. The second-order valence-electron chi connectivity index (χ2n) is 3.05. The Morgan fingerprint density at radius 1 is 1.36 bits per heavy atom. The van der Waals surface area contributed by atoms with Crippen LogP contribution < -0.4 is 0 Å². The van der Waals surface area contributed by atoms with E-state index in [4.69, 9.17) is 5.26 Å². The minimum atomic E-state index is -0.388. The number of hydrogen-bond acceptors (Lipinski definition) is 1. The third-order valence-corrected chi connectivity index (χ3v) is 2.26. The minimum absolute atomic E-state index is 0.346. The largest absolute Gasteiger partial charge is 0.345 e. The molecule has 3 heteroatoms. The molecule has 2 nitrogen and oxygen atoms in total. The average Bonchev–Trinajstić information content (AvgIpc) is 2.62. The number of nitriles is 1. The highest BCUT2D eigenvalue weighted by atomic mass is 19.1. The summed E-state index contributed by atoms with van der Waals surface area (Å²) in [5, 5.41) is 9.73. The Morgan fingerprint density at radius 2 is 2.21 bits per heavy atom. The van der Waals surface area contributed by atoms with Gasteiger partial charge in [-0.15, -0.1) is 0 Å². The number of halogens is 1. The lowest BCUT2D eigenvalue weighted by Crippen LogP contribution is -1.96. The van der Waals surface area contributed by atoms with E-state index in [0.717, 1.165) is 10.9 Å². The number of aromatic nitrogens is 1. The zero-order chi connectivity index (χ0) is 9.97. The van der Waals surface area contributed by atoms with Crippen LogP contribution >= 0.6 is 0 Å². The summed E-state index contributed by atoms with van der Waals surface area (Å²) in [6.45, 7) is -0.0427. The molecule has 2 aromatic rings. The molecule has 14 heavy (non-hydrogen) atoms. The zero-order valence-corrected chi connectivity index (χ0v) is 7.57. The molecule has 2 rings (SSSR count). The highest BCUT2D eigenvalue weighted by Crippen LogP contribution is 2.19. The molecule has 1 aromatic heterocycles. The third-order valence-electron chi connectivity index (χ3n) is 2.26. The van der Waals surface area contributed by atoms with E-state index < -0.39 is 0 Å². The molecular formula is C11H9FN2. The first-order chi connectivity index (χ1) is 6.86. The molecule has 0 unspecified atom stereocenters. The van der Waals surface area contributed by atoms with Gasteiger partial charge < -0.3 is 4.57 Å². The van der Waals surface area contributed by atoms with Gasteiger partial charge >= 0.3 is 0 Å². The third kappa shape index (κ3) is 1.25. The summed E-state index contributed by atoms with van der Waals surface area (Å²) in [6.07, 6.45) is 1.81. The van der Waals surface area contributed by atoms with Crippen molar-refractivity contribution in [3.63, 3.8) is 0 Å². The van der Waals surface area contributed by atoms with E-state index in [9.17, 15) is 4.39 Å². The second-order valence-corrected chi connectivity index (χ2v) is 3.05. The molecule has 0 atom stereocenters. The average molecular weight is 188 g/mol. The van der Waals surface area contributed by atoms with Crippen LogP contribution in [-0.4, -0.2) is 11.2 Å². The molecule has 0 saturated heterocycles. The summed E-state index contributed by atoms with van der Waals surface area (Å²) in [7, 11) is 0. The Bertz CT molecular complexity index is 493. The Balaban J connectivity index is 2.65. The number of aryl methyl sites for hydroxylation is 1. The fraction of sp³-hybridized carbons (Fsp3) is 0.182. The van der Waals surface area contributed by atoms with Gasteiger partial charge in [0.1, 0.15) is 6.67 Å². The van der Waals surface area contributed by atoms with Gasteiger partial charge in [0.15, 0.2) is 0 Å². The van der Waals surface area contributed by atoms with Gasteiger partial charge in [-0.1, -0.05) is 6.07 Å². The molecule has 0 amide bonds. The van der Waals surface area contributed by atoms with Gasteiger partial charge in [-0.05, 0) is 18.2 Å². The maximum Gasteiger partial charge on any atom is 0.107 e. The number of nitrogens with zero attached hydrogens (tertiary/aromatic N) is 2. The summed E-state index contributed by atoms with van der Waals surface area (Å²) in [6, 6.07) is 9.44. The van der Waals surface area contributed by atoms with E-state index in [1.54, 1.807) is 6.07 Å². The molecule has 0 radical (unpaired) electrons. The van der Waals surface area contributed by atoms with E-state index in [1.807, 2.05) is 29.0 Å². The summed E-state index contributed by atoms with van der Waals surface area (Å²) < 4.78 is 14.0. The van der Waals surface area contributed by atoms with Crippen molar-refractivity contribution in [2.45, 2.75) is 6.54 Å². The lowest BCUT2D eigenvalue weighted by atomic mass is 10.1. The van der Waals surface area contributed by atoms with Gasteiger partial charge in [0.05, 0.1) is 18.2 Å². The van der Waals surface area contributed by atoms with Crippen LogP contribution in [0.5, 0.6) is 0 Å². The number of benzene rings is 1. The lowest BCUT2D eigenvalue weighted by molar-refractivity contribution is 0.451. The zero-order valence-electron chi connectivity index (χ0n) is 7.57. The molecule has 1 aromatic carbocycles. The van der Waals surface area contributed by atoms with Gasteiger partial charge in [0.2, 0.25) is 0 Å². The molecule has 0 fully saturated rings. The Labute approximate surface area is 81.2 Å². The van der Waals surface area contributed by atoms with Crippen LogP contribution in [0.15, 0.2) is 30.5 Å². The van der Waals surface area contributed by atoms with Gasteiger partial charge in [-0.25, -0.2) is 4.39 Å². The molecular weight excluding hydrogens is 179 g/mol. The normalized spacial score (nSPS) is 10.3. The standard InChI is InChI=1S/C11H9FN2/c12-5-7-14-6-4-10-9(8-13)2-1-3-11(10)14/h1-4,6H,5,7H2. The highest BCUT2D eigenvalue weighted by molar-refractivity contribution is 5.85. The van der Waals surface area contributed by atoms with Crippen molar-refractivity contribution < 1.29 is 4.39 Å². The van der Waals surface area contributed by atoms with E-state index >= 15 is 0 Å². The molecule has 0 aliphatic heterocycles. The molecule has 0 aliphatic rings. The summed E-state index contributed by atoms with van der Waals surface area (Å²) in [4.78, 5) is 0. The number of alkyl halides is 1. The first-order valence-corrected chi connectivity index (χ1v) is 4.40. The molecule has 0 aliphatic carbocycles. The van der Waals surface area contributed by atoms with Crippen molar-refractivity contribution in [2.24, 2.45) is 0 Å². The number of rotatable bonds is 2. The van der Waals surface area contributed by atoms with Crippen molar-refractivity contribution in [3.8, 4) is 6.07 Å². The fourth-order valence-corrected chi connectivity index (χ4v) is 1.61. The quantitative estimate of drug-likeness (QED) is 0.711. The Kier molecular flexibility index (Phi) is 2.19. The van der Waals surface area contributed by atoms with Crippen LogP contribution in [0, 0.1) is 11.3 Å². The highest BCUT2D eigenvalue weighted by Gasteiger charge is 2.03. The van der Waals surface area contributed by atoms with Gasteiger partial charge in [0.25, 0.3) is 0 Å². The predicted molar refractivity (Wildman–Crippen MR) is 52.6 cm³/mol. The van der Waals surface area contributed by atoms with Crippen molar-refractivity contribution in [2.75, 3.05) is 6.67 Å². The topological polar surface area (TPSA) is 28.7 Å². The Hall–Kier alpha value is -1.82. The predicted octanol–water partition coefficient (Wildman–Crippen LogP) is 2.48. The molecule has 0 saturated carbocycles. The van der Waals surface area contributed by atoms with E-state index in [2.05, 4.69) is 6.07 Å². The molecule has 0 bridgehead atoms. The SMILES string of the molecule is N#Cc1cccc2c1ccn2CCF. The molecule has 1 heterocycles. The van der Waals surface area contributed by atoms with Crippen LogP contribution in [-0.2, 0) is 6.54 Å². The van der Waals surface area contributed by atoms with Crippen molar-refractivity contribution in [1.82, 2.24) is 4.57 Å². The first kappa shape index (κ1) is 8.76. The maximum atomic E-state index is 12.2. The molecule has 0 N–H and O–H groups in total. The van der Waals surface area contributed by atoms with Crippen LogP contribution in [0.1, 0.15) is 5.56 Å². The van der Waals surface area contributed by atoms with Crippen molar-refractivity contribution in [1.29, 1.82) is 5.26 Å². The van der Waals surface area contributed by atoms with Crippen LogP contribution in [0.25, 0.3) is 10.9 Å². The van der Waals surface area contributed by atoms with Gasteiger partial charge in [-0.3, -0.25) is 0 Å². The van der Waals surface area contributed by atoms with Crippen LogP contribution in [0.2, 0.25) is 0 Å². The van der Waals surface area contributed by atoms with E-state index in [-0.39, 0.29) is 6.67 Å². The molecule has 70 valence electrons. The minimum Gasteiger partial charge on any atom is -0.345 e. The lowest BCUT2D eigenvalue weighted by Gasteiger charge is -2.01. The summed E-state index contributed by atoms with van der Waals surface area (Å²) in [5.41, 5.74) is 1.56. The first-order valence-electron chi connectivity index (χ1n) is 4.40. The smallest absolute Gasteiger partial charge is 0.107 e. The maximum absolute atomic E-state index is 12.2. The van der Waals surface area contributed by atoms with E-state index in [0.29, 0.717) is 12.1 Å². The summed E-state index contributed by atoms with van der Waals surface area (Å²) >= 11 is 0. The van der Waals surface area contributed by atoms with Gasteiger partial charge in [-0.2, -0.15) is 5.26 Å². The second kappa shape index (κ2) is 3.51. The fourth-order valence-electron chi connectivity index (χ4n) is 1.61. The number of hydrogen-bond donors (Lipinski definition) is 0. The molecule has 0 spiro atoms. The monoisotopic (exact) mass is 188 g/mol. The van der Waals surface area contributed by atoms with Gasteiger partial charge in [0, 0.05) is 17.1 Å². The van der Waals surface area contributed by atoms with E-state index in [1.165, 1.54) is 0 Å². The van der Waals surface area contributed by atoms with Crippen LogP contribution in [0.3, 0.4) is 0 Å². The van der Waals surface area contributed by atoms with Crippen molar-refractivity contribution >= 4 is 10.9 Å². The van der Waals surface area contributed by atoms with Crippen molar-refractivity contribution in [3.05, 3.63) is 36.0 Å². The summed E-state index contributed by atoms with van der Waals surface area (Å²) in [5.74, 6) is 0. The van der Waals surface area contributed by atoms with Crippen LogP contribution in [0.4, 0.5) is 4.39 Å².